The van der Waals surface area contributed by atoms with Crippen molar-refractivity contribution in [2.45, 2.75) is 38.8 Å². The Hall–Kier alpha value is -1.52. The second kappa shape index (κ2) is 3.81. The molecule has 5 heteroatoms. The number of nitrogens with two attached hydrogens (primary N) is 1. The van der Waals surface area contributed by atoms with Crippen LogP contribution in [0.1, 0.15) is 27.7 Å². The maximum absolute atomic E-state index is 11.9. The van der Waals surface area contributed by atoms with Gasteiger partial charge in [-0.15, -0.1) is 0 Å². The average molecular weight is 226 g/mol. The quantitative estimate of drug-likeness (QED) is 0.664. The summed E-state index contributed by atoms with van der Waals surface area (Å²) in [5, 5.41) is 2.79. The SMILES string of the molecule is CC(C)(C)OC(=O)C1C=CNC1(C)C(N)=O. The van der Waals surface area contributed by atoms with Gasteiger partial charge in [-0.05, 0) is 33.9 Å². The Balaban J connectivity index is 2.84. The third kappa shape index (κ3) is 2.35. The fraction of sp³-hybridized carbons (Fsp3) is 0.636. The summed E-state index contributed by atoms with van der Waals surface area (Å²) in [5.74, 6) is -1.70. The molecule has 1 aliphatic rings. The van der Waals surface area contributed by atoms with Gasteiger partial charge in [-0.1, -0.05) is 6.08 Å². The maximum Gasteiger partial charge on any atom is 0.316 e. The van der Waals surface area contributed by atoms with Crippen LogP contribution in [0.2, 0.25) is 0 Å². The van der Waals surface area contributed by atoms with Crippen molar-refractivity contribution in [3.05, 3.63) is 12.3 Å². The minimum atomic E-state index is -1.09. The highest BCUT2D eigenvalue weighted by Crippen LogP contribution is 2.26. The Morgan fingerprint density at radius 1 is 1.44 bits per heavy atom. The van der Waals surface area contributed by atoms with Gasteiger partial charge in [-0.2, -0.15) is 0 Å². The highest BCUT2D eigenvalue weighted by molar-refractivity contribution is 5.93. The van der Waals surface area contributed by atoms with E-state index >= 15 is 0 Å². The largest absolute Gasteiger partial charge is 0.459 e. The molecule has 1 aliphatic heterocycles. The lowest BCUT2D eigenvalue weighted by Crippen LogP contribution is -2.55. The number of carbonyl (C=O) groups excluding carboxylic acids is 2. The highest BCUT2D eigenvalue weighted by atomic mass is 16.6. The molecule has 0 fully saturated rings. The van der Waals surface area contributed by atoms with Gasteiger partial charge >= 0.3 is 5.97 Å². The maximum atomic E-state index is 11.9. The van der Waals surface area contributed by atoms with Gasteiger partial charge in [0.25, 0.3) is 0 Å². The van der Waals surface area contributed by atoms with Crippen LogP contribution in [-0.2, 0) is 14.3 Å². The third-order valence-corrected chi connectivity index (χ3v) is 2.47. The standard InChI is InChI=1S/C11H18N2O3/c1-10(2,3)16-8(14)7-5-6-13-11(7,4)9(12)15/h5-7,13H,1-4H3,(H2,12,15). The second-order valence-electron chi connectivity index (χ2n) is 5.08. The molecule has 1 amide bonds. The Morgan fingerprint density at radius 3 is 2.44 bits per heavy atom. The van der Waals surface area contributed by atoms with Crippen LogP contribution in [0.15, 0.2) is 12.3 Å². The van der Waals surface area contributed by atoms with Crippen molar-refractivity contribution in [1.82, 2.24) is 5.32 Å². The summed E-state index contributed by atoms with van der Waals surface area (Å²) in [7, 11) is 0. The number of carbonyl (C=O) groups is 2. The van der Waals surface area contributed by atoms with Gasteiger partial charge in [0.15, 0.2) is 0 Å². The van der Waals surface area contributed by atoms with Crippen LogP contribution in [0.3, 0.4) is 0 Å². The van der Waals surface area contributed by atoms with E-state index in [1.165, 1.54) is 0 Å². The second-order valence-corrected chi connectivity index (χ2v) is 5.08. The number of ether oxygens (including phenoxy) is 1. The van der Waals surface area contributed by atoms with E-state index in [4.69, 9.17) is 10.5 Å². The number of nitrogens with one attached hydrogen (secondary N) is 1. The smallest absolute Gasteiger partial charge is 0.316 e. The predicted molar refractivity (Wildman–Crippen MR) is 59.2 cm³/mol. The zero-order valence-electron chi connectivity index (χ0n) is 10.0. The number of hydrogen-bond donors (Lipinski definition) is 2. The molecule has 5 nitrogen and oxygen atoms in total. The Bertz CT molecular complexity index is 344. The van der Waals surface area contributed by atoms with E-state index in [1.807, 2.05) is 0 Å². The zero-order chi connectivity index (χ0) is 12.6. The first-order valence-corrected chi connectivity index (χ1v) is 5.14. The molecule has 0 saturated carbocycles. The van der Waals surface area contributed by atoms with Gasteiger partial charge in [0.05, 0.1) is 0 Å². The van der Waals surface area contributed by atoms with Crippen molar-refractivity contribution in [2.75, 3.05) is 0 Å². The Kier molecular flexibility index (Phi) is 2.99. The molecule has 2 atom stereocenters. The Labute approximate surface area is 95.0 Å². The molecular weight excluding hydrogens is 208 g/mol. The van der Waals surface area contributed by atoms with Crippen molar-refractivity contribution in [3.63, 3.8) is 0 Å². The molecule has 2 unspecified atom stereocenters. The lowest BCUT2D eigenvalue weighted by atomic mass is 9.87. The monoisotopic (exact) mass is 226 g/mol. The first-order chi connectivity index (χ1) is 7.17. The van der Waals surface area contributed by atoms with Gasteiger partial charge in [0.1, 0.15) is 17.1 Å². The lowest BCUT2D eigenvalue weighted by Gasteiger charge is -2.29. The van der Waals surface area contributed by atoms with Gasteiger partial charge in [-0.25, -0.2) is 0 Å². The summed E-state index contributed by atoms with van der Waals surface area (Å²) >= 11 is 0. The van der Waals surface area contributed by atoms with Crippen LogP contribution in [-0.4, -0.2) is 23.0 Å². The van der Waals surface area contributed by atoms with Crippen LogP contribution in [0.4, 0.5) is 0 Å². The molecule has 0 aliphatic carbocycles. The summed E-state index contributed by atoms with van der Waals surface area (Å²) in [6.07, 6.45) is 3.15. The molecule has 1 heterocycles. The molecule has 16 heavy (non-hydrogen) atoms. The van der Waals surface area contributed by atoms with E-state index in [0.29, 0.717) is 0 Å². The lowest BCUT2D eigenvalue weighted by molar-refractivity contribution is -0.161. The average Bonchev–Trinajstić information content (AvgIpc) is 2.45. The molecule has 90 valence electrons. The van der Waals surface area contributed by atoms with Crippen LogP contribution >= 0.6 is 0 Å². The number of rotatable bonds is 2. The van der Waals surface area contributed by atoms with Gasteiger partial charge in [-0.3, -0.25) is 9.59 Å². The fourth-order valence-corrected chi connectivity index (χ4v) is 1.50. The van der Waals surface area contributed by atoms with E-state index in [1.54, 1.807) is 40.0 Å². The molecule has 3 N–H and O–H groups in total. The summed E-state index contributed by atoms with van der Waals surface area (Å²) < 4.78 is 5.23. The molecule has 0 radical (unpaired) electrons. The van der Waals surface area contributed by atoms with E-state index in [-0.39, 0.29) is 0 Å². The number of primary amides is 1. The van der Waals surface area contributed by atoms with Crippen molar-refractivity contribution >= 4 is 11.9 Å². The molecule has 0 spiro atoms. The van der Waals surface area contributed by atoms with Crippen LogP contribution in [0.5, 0.6) is 0 Å². The summed E-state index contributed by atoms with van der Waals surface area (Å²) in [6, 6.07) is 0. The summed E-state index contributed by atoms with van der Waals surface area (Å²) in [5.41, 5.74) is 3.60. The first-order valence-electron chi connectivity index (χ1n) is 5.14. The first kappa shape index (κ1) is 12.5. The van der Waals surface area contributed by atoms with E-state index < -0.39 is 28.9 Å². The molecule has 0 aromatic heterocycles. The van der Waals surface area contributed by atoms with Crippen LogP contribution < -0.4 is 11.1 Å². The third-order valence-electron chi connectivity index (χ3n) is 2.47. The van der Waals surface area contributed by atoms with E-state index in [9.17, 15) is 9.59 Å². The van der Waals surface area contributed by atoms with Gasteiger partial charge < -0.3 is 15.8 Å². The highest BCUT2D eigenvalue weighted by Gasteiger charge is 2.46. The Morgan fingerprint density at radius 2 is 2.00 bits per heavy atom. The molecular formula is C11H18N2O3. The van der Waals surface area contributed by atoms with Crippen molar-refractivity contribution in [3.8, 4) is 0 Å². The minimum Gasteiger partial charge on any atom is -0.459 e. The molecule has 0 aromatic carbocycles. The van der Waals surface area contributed by atoms with Crippen molar-refractivity contribution in [1.29, 1.82) is 0 Å². The molecule has 0 aromatic rings. The number of hydrogen-bond acceptors (Lipinski definition) is 4. The minimum absolute atomic E-state index is 0.449. The molecule has 0 saturated heterocycles. The normalized spacial score (nSPS) is 28.6. The topological polar surface area (TPSA) is 81.4 Å². The van der Waals surface area contributed by atoms with Crippen LogP contribution in [0.25, 0.3) is 0 Å². The van der Waals surface area contributed by atoms with Crippen molar-refractivity contribution in [2.24, 2.45) is 11.7 Å². The van der Waals surface area contributed by atoms with Gasteiger partial charge in [0, 0.05) is 0 Å². The molecule has 0 bridgehead atoms. The summed E-state index contributed by atoms with van der Waals surface area (Å²) in [6.45, 7) is 6.92. The fourth-order valence-electron chi connectivity index (χ4n) is 1.50. The van der Waals surface area contributed by atoms with Gasteiger partial charge in [0.2, 0.25) is 5.91 Å². The van der Waals surface area contributed by atoms with Crippen LogP contribution in [0, 0.1) is 5.92 Å². The summed E-state index contributed by atoms with van der Waals surface area (Å²) in [4.78, 5) is 23.2. The van der Waals surface area contributed by atoms with E-state index in [0.717, 1.165) is 0 Å². The molecule has 1 rings (SSSR count). The number of esters is 1. The van der Waals surface area contributed by atoms with Crippen molar-refractivity contribution < 1.29 is 14.3 Å². The predicted octanol–water partition coefficient (Wildman–Crippen LogP) is 0.305. The van der Waals surface area contributed by atoms with E-state index in [2.05, 4.69) is 5.32 Å². The number of amides is 1. The zero-order valence-corrected chi connectivity index (χ0v) is 10.0.